The Morgan fingerprint density at radius 1 is 1.12 bits per heavy atom. The lowest BCUT2D eigenvalue weighted by Crippen LogP contribution is -2.40. The van der Waals surface area contributed by atoms with Crippen LogP contribution in [0.4, 0.5) is 5.69 Å². The van der Waals surface area contributed by atoms with Gasteiger partial charge in [0.15, 0.2) is 0 Å². The highest BCUT2D eigenvalue weighted by Gasteiger charge is 2.20. The molecule has 0 atom stereocenters. The Morgan fingerprint density at radius 2 is 1.73 bits per heavy atom. The van der Waals surface area contributed by atoms with Crippen LogP contribution in [0.3, 0.4) is 0 Å². The van der Waals surface area contributed by atoms with Crippen molar-refractivity contribution in [1.29, 1.82) is 0 Å². The van der Waals surface area contributed by atoms with E-state index in [4.69, 9.17) is 5.14 Å². The molecule has 2 amide bonds. The smallest absolute Gasteiger partial charge is 0.313 e. The number of rotatable bonds is 6. The number of carbonyl (C=O) groups excluding carboxylic acids is 2. The minimum absolute atomic E-state index is 0.0747. The lowest BCUT2D eigenvalue weighted by atomic mass is 10.2. The fraction of sp³-hybridized carbons (Fsp3) is 0.235. The maximum atomic E-state index is 12.3. The highest BCUT2D eigenvalue weighted by molar-refractivity contribution is 7.89. The van der Waals surface area contributed by atoms with Crippen LogP contribution in [-0.4, -0.2) is 43.2 Å². The van der Waals surface area contributed by atoms with Crippen molar-refractivity contribution in [2.24, 2.45) is 5.14 Å². The summed E-state index contributed by atoms with van der Waals surface area (Å²) in [5.74, 6) is -1.44. The third kappa shape index (κ3) is 5.36. The summed E-state index contributed by atoms with van der Waals surface area (Å²) in [5.41, 5.74) is 1.33. The minimum atomic E-state index is -3.81. The van der Waals surface area contributed by atoms with Crippen molar-refractivity contribution >= 4 is 27.5 Å². The summed E-state index contributed by atoms with van der Waals surface area (Å²) in [5, 5.41) is 7.47. The van der Waals surface area contributed by atoms with Crippen LogP contribution in [0.15, 0.2) is 53.7 Å². The van der Waals surface area contributed by atoms with Gasteiger partial charge in [-0.15, -0.1) is 0 Å². The van der Waals surface area contributed by atoms with E-state index in [1.54, 1.807) is 19.3 Å². The number of benzene rings is 1. The van der Waals surface area contributed by atoms with Crippen LogP contribution in [0.1, 0.15) is 12.5 Å². The fourth-order valence-electron chi connectivity index (χ4n) is 2.27. The van der Waals surface area contributed by atoms with Crippen molar-refractivity contribution in [3.05, 3.63) is 54.4 Å². The highest BCUT2D eigenvalue weighted by Crippen LogP contribution is 2.13. The van der Waals surface area contributed by atoms with Crippen molar-refractivity contribution in [1.82, 2.24) is 9.88 Å². The maximum absolute atomic E-state index is 12.3. The van der Waals surface area contributed by atoms with Crippen LogP contribution in [-0.2, 0) is 26.0 Å². The van der Waals surface area contributed by atoms with Crippen molar-refractivity contribution in [3.63, 3.8) is 0 Å². The van der Waals surface area contributed by atoms with Gasteiger partial charge in [0.05, 0.1) is 4.90 Å². The van der Waals surface area contributed by atoms with Gasteiger partial charge in [-0.05, 0) is 55.3 Å². The van der Waals surface area contributed by atoms with Crippen molar-refractivity contribution in [2.45, 2.75) is 18.2 Å². The molecule has 9 heteroatoms. The zero-order chi connectivity index (χ0) is 19.2. The minimum Gasteiger partial charge on any atom is -0.334 e. The van der Waals surface area contributed by atoms with E-state index in [9.17, 15) is 18.0 Å². The third-order valence-electron chi connectivity index (χ3n) is 3.72. The molecule has 0 spiro atoms. The van der Waals surface area contributed by atoms with Crippen molar-refractivity contribution < 1.29 is 18.0 Å². The number of sulfonamides is 1. The summed E-state index contributed by atoms with van der Waals surface area (Å²) < 4.78 is 22.4. The normalized spacial score (nSPS) is 11.0. The molecule has 0 saturated carbocycles. The Balaban J connectivity index is 1.97. The molecule has 0 aliphatic carbocycles. The zero-order valence-corrected chi connectivity index (χ0v) is 15.1. The van der Waals surface area contributed by atoms with Crippen molar-refractivity contribution in [2.75, 3.05) is 18.4 Å². The molecular formula is C17H20N4O4S. The molecule has 0 bridgehead atoms. The van der Waals surface area contributed by atoms with Crippen LogP contribution in [0.25, 0.3) is 0 Å². The summed E-state index contributed by atoms with van der Waals surface area (Å²) in [6, 6.07) is 8.97. The monoisotopic (exact) mass is 376 g/mol. The summed E-state index contributed by atoms with van der Waals surface area (Å²) in [7, 11) is -3.81. The van der Waals surface area contributed by atoms with Crippen LogP contribution >= 0.6 is 0 Å². The van der Waals surface area contributed by atoms with E-state index in [1.807, 2.05) is 12.1 Å². The predicted molar refractivity (Wildman–Crippen MR) is 96.6 cm³/mol. The van der Waals surface area contributed by atoms with Crippen molar-refractivity contribution in [3.8, 4) is 0 Å². The number of hydrogen-bond donors (Lipinski definition) is 2. The molecule has 0 unspecified atom stereocenters. The number of nitrogens with two attached hydrogens (primary N) is 1. The summed E-state index contributed by atoms with van der Waals surface area (Å²) in [6.07, 6.45) is 3.95. The van der Waals surface area contributed by atoms with Gasteiger partial charge in [-0.3, -0.25) is 14.6 Å². The second-order valence-electron chi connectivity index (χ2n) is 5.51. The van der Waals surface area contributed by atoms with Gasteiger partial charge in [-0.25, -0.2) is 13.6 Å². The van der Waals surface area contributed by atoms with E-state index in [0.717, 1.165) is 5.56 Å². The van der Waals surface area contributed by atoms with E-state index in [2.05, 4.69) is 10.3 Å². The first kappa shape index (κ1) is 19.5. The molecule has 8 nitrogen and oxygen atoms in total. The first-order chi connectivity index (χ1) is 12.3. The Bertz CT molecular complexity index is 867. The number of amides is 2. The topological polar surface area (TPSA) is 122 Å². The third-order valence-corrected chi connectivity index (χ3v) is 4.65. The lowest BCUT2D eigenvalue weighted by Gasteiger charge is -2.20. The number of nitrogens with zero attached hydrogens (tertiary/aromatic N) is 2. The van der Waals surface area contributed by atoms with Gasteiger partial charge in [-0.1, -0.05) is 0 Å². The Hall–Kier alpha value is -2.78. The molecule has 0 aliphatic rings. The van der Waals surface area contributed by atoms with Gasteiger partial charge in [0.2, 0.25) is 10.0 Å². The zero-order valence-electron chi connectivity index (χ0n) is 14.3. The van der Waals surface area contributed by atoms with Gasteiger partial charge in [0.25, 0.3) is 0 Å². The van der Waals surface area contributed by atoms with Gasteiger partial charge < -0.3 is 10.2 Å². The first-order valence-electron chi connectivity index (χ1n) is 7.93. The molecule has 0 saturated heterocycles. The SMILES string of the molecule is CCN(CCc1ccncc1)C(=O)C(=O)Nc1ccc(S(N)(=O)=O)cc1. The summed E-state index contributed by atoms with van der Waals surface area (Å²) in [4.78, 5) is 29.8. The number of aromatic nitrogens is 1. The molecule has 2 aromatic rings. The molecule has 26 heavy (non-hydrogen) atoms. The van der Waals surface area contributed by atoms with Crippen LogP contribution < -0.4 is 10.5 Å². The molecule has 2 rings (SSSR count). The molecule has 138 valence electrons. The molecule has 0 radical (unpaired) electrons. The molecule has 1 aromatic heterocycles. The van der Waals surface area contributed by atoms with Gasteiger partial charge >= 0.3 is 11.8 Å². The number of nitrogens with one attached hydrogen (secondary N) is 1. The molecule has 1 heterocycles. The van der Waals surface area contributed by atoms with Gasteiger partial charge in [-0.2, -0.15) is 0 Å². The van der Waals surface area contributed by atoms with E-state index in [-0.39, 0.29) is 4.90 Å². The van der Waals surface area contributed by atoms with E-state index >= 15 is 0 Å². The number of hydrogen-bond acceptors (Lipinski definition) is 5. The molecule has 1 aromatic carbocycles. The van der Waals surface area contributed by atoms with E-state index in [0.29, 0.717) is 25.2 Å². The van der Waals surface area contributed by atoms with Gasteiger partial charge in [0, 0.05) is 31.2 Å². The number of carbonyl (C=O) groups is 2. The second kappa shape index (κ2) is 8.54. The van der Waals surface area contributed by atoms with E-state index < -0.39 is 21.8 Å². The average molecular weight is 376 g/mol. The van der Waals surface area contributed by atoms with Gasteiger partial charge in [0.1, 0.15) is 0 Å². The Kier molecular flexibility index (Phi) is 6.42. The standard InChI is InChI=1S/C17H20N4O4S/c1-2-21(12-9-13-7-10-19-11-8-13)17(23)16(22)20-14-3-5-15(6-4-14)26(18,24)25/h3-8,10-11H,2,9,12H2,1H3,(H,20,22)(H2,18,24,25). The largest absolute Gasteiger partial charge is 0.334 e. The molecule has 0 aliphatic heterocycles. The van der Waals surface area contributed by atoms with Crippen LogP contribution in [0.2, 0.25) is 0 Å². The first-order valence-corrected chi connectivity index (χ1v) is 9.48. The van der Waals surface area contributed by atoms with Crippen LogP contribution in [0.5, 0.6) is 0 Å². The highest BCUT2D eigenvalue weighted by atomic mass is 32.2. The average Bonchev–Trinajstić information content (AvgIpc) is 2.62. The number of likely N-dealkylation sites (N-methyl/N-ethyl adjacent to an activating group) is 1. The van der Waals surface area contributed by atoms with E-state index in [1.165, 1.54) is 29.2 Å². The van der Waals surface area contributed by atoms with Crippen LogP contribution in [0, 0.1) is 0 Å². The predicted octanol–water partition coefficient (Wildman–Crippen LogP) is 0.759. The molecular weight excluding hydrogens is 356 g/mol. The molecule has 0 fully saturated rings. The Labute approximate surface area is 152 Å². The molecule has 3 N–H and O–H groups in total. The number of anilines is 1. The fourth-order valence-corrected chi connectivity index (χ4v) is 2.79. The lowest BCUT2D eigenvalue weighted by molar-refractivity contribution is -0.143. The number of pyridine rings is 1. The maximum Gasteiger partial charge on any atom is 0.313 e. The number of primary sulfonamides is 1. The summed E-state index contributed by atoms with van der Waals surface area (Å²) >= 11 is 0. The summed E-state index contributed by atoms with van der Waals surface area (Å²) in [6.45, 7) is 2.58. The second-order valence-corrected chi connectivity index (χ2v) is 7.08. The quantitative estimate of drug-likeness (QED) is 0.721. The Morgan fingerprint density at radius 3 is 2.27 bits per heavy atom.